The van der Waals surface area contributed by atoms with Crippen LogP contribution in [-0.2, 0) is 4.74 Å². The van der Waals surface area contributed by atoms with Crippen molar-refractivity contribution in [3.8, 4) is 22.9 Å². The normalized spacial score (nSPS) is 10.5. The van der Waals surface area contributed by atoms with Crippen LogP contribution in [0.2, 0.25) is 0 Å². The summed E-state index contributed by atoms with van der Waals surface area (Å²) in [5.74, 6) is -0.00677. The number of ether oxygens (including phenoxy) is 2. The number of rotatable bonds is 8. The molecule has 0 unspecified atom stereocenters. The predicted octanol–water partition coefficient (Wildman–Crippen LogP) is 3.84. The fourth-order valence-corrected chi connectivity index (χ4v) is 2.46. The van der Waals surface area contributed by atoms with Gasteiger partial charge >= 0.3 is 6.01 Å². The number of aromatic nitrogens is 2. The number of nitrogens with zero attached hydrogens (tertiary/aromatic N) is 2. The van der Waals surface area contributed by atoms with E-state index in [1.165, 1.54) is 24.3 Å². The first-order valence-electron chi connectivity index (χ1n) is 8.79. The van der Waals surface area contributed by atoms with Gasteiger partial charge in [-0.25, -0.2) is 14.4 Å². The first-order valence-corrected chi connectivity index (χ1v) is 8.79. The van der Waals surface area contributed by atoms with Gasteiger partial charge in [0, 0.05) is 43.8 Å². The number of hydrogen-bond donors (Lipinski definition) is 1. The Bertz CT molecular complexity index is 898. The SMILES string of the molecule is COCCCNC(=O)c1ccc(-c2cnc(Oc3ccc(F)cc3)nc2)cc1. The molecule has 0 aliphatic heterocycles. The third kappa shape index (κ3) is 5.34. The lowest BCUT2D eigenvalue weighted by Crippen LogP contribution is -2.25. The van der Waals surface area contributed by atoms with Crippen molar-refractivity contribution in [3.05, 3.63) is 72.3 Å². The monoisotopic (exact) mass is 381 g/mol. The number of carbonyl (C=O) groups is 1. The molecule has 3 aromatic rings. The molecule has 144 valence electrons. The molecule has 7 heteroatoms. The van der Waals surface area contributed by atoms with Crippen LogP contribution in [-0.4, -0.2) is 36.1 Å². The van der Waals surface area contributed by atoms with Crippen LogP contribution in [0.15, 0.2) is 60.9 Å². The Morgan fingerprint density at radius 3 is 2.32 bits per heavy atom. The van der Waals surface area contributed by atoms with Gasteiger partial charge in [-0.15, -0.1) is 0 Å². The highest BCUT2D eigenvalue weighted by Gasteiger charge is 2.07. The van der Waals surface area contributed by atoms with E-state index in [4.69, 9.17) is 9.47 Å². The molecule has 0 spiro atoms. The summed E-state index contributed by atoms with van der Waals surface area (Å²) in [6.07, 6.45) is 4.03. The second kappa shape index (κ2) is 9.57. The van der Waals surface area contributed by atoms with E-state index in [0.29, 0.717) is 24.5 Å². The van der Waals surface area contributed by atoms with Crippen LogP contribution < -0.4 is 10.1 Å². The van der Waals surface area contributed by atoms with Gasteiger partial charge in [-0.1, -0.05) is 12.1 Å². The molecule has 1 aromatic heterocycles. The third-order valence-electron chi connectivity index (χ3n) is 3.94. The maximum Gasteiger partial charge on any atom is 0.321 e. The van der Waals surface area contributed by atoms with Crippen LogP contribution in [0, 0.1) is 5.82 Å². The molecule has 0 bridgehead atoms. The van der Waals surface area contributed by atoms with Crippen LogP contribution in [0.1, 0.15) is 16.8 Å². The Hall–Kier alpha value is -3.32. The van der Waals surface area contributed by atoms with E-state index in [1.54, 1.807) is 31.6 Å². The largest absolute Gasteiger partial charge is 0.424 e. The number of methoxy groups -OCH3 is 1. The first kappa shape index (κ1) is 19.4. The van der Waals surface area contributed by atoms with E-state index < -0.39 is 0 Å². The lowest BCUT2D eigenvalue weighted by Gasteiger charge is -2.07. The highest BCUT2D eigenvalue weighted by atomic mass is 19.1. The fourth-order valence-electron chi connectivity index (χ4n) is 2.46. The Balaban J connectivity index is 1.60. The number of carbonyl (C=O) groups excluding carboxylic acids is 1. The molecule has 0 saturated carbocycles. The molecule has 3 rings (SSSR count). The molecule has 1 heterocycles. The van der Waals surface area contributed by atoms with Crippen molar-refractivity contribution in [3.63, 3.8) is 0 Å². The van der Waals surface area contributed by atoms with Crippen LogP contribution in [0.5, 0.6) is 11.8 Å². The van der Waals surface area contributed by atoms with Gasteiger partial charge in [0.2, 0.25) is 0 Å². The van der Waals surface area contributed by atoms with Crippen molar-refractivity contribution in [2.24, 2.45) is 0 Å². The number of nitrogens with one attached hydrogen (secondary N) is 1. The zero-order valence-electron chi connectivity index (χ0n) is 15.4. The first-order chi connectivity index (χ1) is 13.7. The molecule has 1 N–H and O–H groups in total. The molecule has 0 fully saturated rings. The van der Waals surface area contributed by atoms with Gasteiger partial charge < -0.3 is 14.8 Å². The molecule has 1 amide bonds. The minimum absolute atomic E-state index is 0.123. The maximum absolute atomic E-state index is 12.9. The van der Waals surface area contributed by atoms with Crippen molar-refractivity contribution < 1.29 is 18.7 Å². The number of amides is 1. The second-order valence-electron chi connectivity index (χ2n) is 5.99. The maximum atomic E-state index is 12.9. The number of halogens is 1. The Labute approximate surface area is 162 Å². The van der Waals surface area contributed by atoms with Gasteiger partial charge in [-0.05, 0) is 48.4 Å². The van der Waals surface area contributed by atoms with E-state index in [2.05, 4.69) is 15.3 Å². The Morgan fingerprint density at radius 2 is 1.68 bits per heavy atom. The summed E-state index contributed by atoms with van der Waals surface area (Å²) in [6.45, 7) is 1.18. The minimum Gasteiger partial charge on any atom is -0.424 e. The lowest BCUT2D eigenvalue weighted by molar-refractivity contribution is 0.0948. The Kier molecular flexibility index (Phi) is 6.64. The minimum atomic E-state index is -0.337. The fraction of sp³-hybridized carbons (Fsp3) is 0.190. The molecule has 0 saturated heterocycles. The summed E-state index contributed by atoms with van der Waals surface area (Å²) >= 11 is 0. The van der Waals surface area contributed by atoms with Crippen molar-refractivity contribution in [2.45, 2.75) is 6.42 Å². The number of hydrogen-bond acceptors (Lipinski definition) is 5. The van der Waals surface area contributed by atoms with Crippen LogP contribution in [0.4, 0.5) is 4.39 Å². The summed E-state index contributed by atoms with van der Waals surface area (Å²) in [5.41, 5.74) is 2.25. The topological polar surface area (TPSA) is 73.3 Å². The molecule has 6 nitrogen and oxygen atoms in total. The van der Waals surface area contributed by atoms with Crippen molar-refractivity contribution in [1.82, 2.24) is 15.3 Å². The molecule has 0 atom stereocenters. The quantitative estimate of drug-likeness (QED) is 0.600. The zero-order chi connectivity index (χ0) is 19.8. The van der Waals surface area contributed by atoms with E-state index in [0.717, 1.165) is 17.5 Å². The van der Waals surface area contributed by atoms with Gasteiger partial charge in [0.25, 0.3) is 5.91 Å². The molecule has 0 radical (unpaired) electrons. The average Bonchev–Trinajstić information content (AvgIpc) is 2.73. The van der Waals surface area contributed by atoms with Crippen LogP contribution in [0.25, 0.3) is 11.1 Å². The highest BCUT2D eigenvalue weighted by molar-refractivity contribution is 5.94. The van der Waals surface area contributed by atoms with Gasteiger partial charge in [0.05, 0.1) is 0 Å². The number of benzene rings is 2. The predicted molar refractivity (Wildman–Crippen MR) is 103 cm³/mol. The van der Waals surface area contributed by atoms with E-state index in [1.807, 2.05) is 12.1 Å². The summed E-state index contributed by atoms with van der Waals surface area (Å²) < 4.78 is 23.4. The summed E-state index contributed by atoms with van der Waals surface area (Å²) in [5, 5.41) is 2.84. The van der Waals surface area contributed by atoms with Crippen molar-refractivity contribution in [1.29, 1.82) is 0 Å². The standard InChI is InChI=1S/C21H20FN3O3/c1-27-12-2-11-23-20(26)16-5-3-15(4-6-16)17-13-24-21(25-14-17)28-19-9-7-18(22)8-10-19/h3-10,13-14H,2,11-12H2,1H3,(H,23,26). The highest BCUT2D eigenvalue weighted by Crippen LogP contribution is 2.22. The smallest absolute Gasteiger partial charge is 0.321 e. The Morgan fingerprint density at radius 1 is 1.00 bits per heavy atom. The van der Waals surface area contributed by atoms with Gasteiger partial charge in [0.15, 0.2) is 0 Å². The average molecular weight is 381 g/mol. The zero-order valence-corrected chi connectivity index (χ0v) is 15.4. The summed E-state index contributed by atoms with van der Waals surface area (Å²) in [7, 11) is 1.63. The van der Waals surface area contributed by atoms with Crippen molar-refractivity contribution in [2.75, 3.05) is 20.3 Å². The van der Waals surface area contributed by atoms with Crippen LogP contribution >= 0.6 is 0 Å². The second-order valence-corrected chi connectivity index (χ2v) is 5.99. The molecular weight excluding hydrogens is 361 g/mol. The lowest BCUT2D eigenvalue weighted by atomic mass is 10.1. The van der Waals surface area contributed by atoms with Gasteiger partial charge in [-0.2, -0.15) is 0 Å². The van der Waals surface area contributed by atoms with E-state index in [-0.39, 0.29) is 17.7 Å². The van der Waals surface area contributed by atoms with Gasteiger partial charge in [0.1, 0.15) is 11.6 Å². The molecule has 0 aliphatic rings. The van der Waals surface area contributed by atoms with Crippen LogP contribution in [0.3, 0.4) is 0 Å². The molecular formula is C21H20FN3O3. The van der Waals surface area contributed by atoms with Gasteiger partial charge in [-0.3, -0.25) is 4.79 Å². The molecule has 0 aliphatic carbocycles. The summed E-state index contributed by atoms with van der Waals surface area (Å²) in [6, 6.07) is 13.0. The van der Waals surface area contributed by atoms with E-state index in [9.17, 15) is 9.18 Å². The van der Waals surface area contributed by atoms with E-state index >= 15 is 0 Å². The van der Waals surface area contributed by atoms with Crippen molar-refractivity contribution >= 4 is 5.91 Å². The third-order valence-corrected chi connectivity index (χ3v) is 3.94. The summed E-state index contributed by atoms with van der Waals surface area (Å²) in [4.78, 5) is 20.4. The molecule has 2 aromatic carbocycles. The molecule has 28 heavy (non-hydrogen) atoms.